The van der Waals surface area contributed by atoms with Gasteiger partial charge in [0.25, 0.3) is 0 Å². The van der Waals surface area contributed by atoms with Gasteiger partial charge in [-0.1, -0.05) is 0 Å². The van der Waals surface area contributed by atoms with Crippen LogP contribution in [0.5, 0.6) is 11.5 Å². The maximum absolute atomic E-state index is 13.0. The van der Waals surface area contributed by atoms with Crippen molar-refractivity contribution >= 4 is 23.1 Å². The average Bonchev–Trinajstić information content (AvgIpc) is 2.60. The first kappa shape index (κ1) is 17.6. The lowest BCUT2D eigenvalue weighted by atomic mass is 9.79. The van der Waals surface area contributed by atoms with Crippen LogP contribution in [0.2, 0.25) is 0 Å². The maximum atomic E-state index is 13.0. The first-order valence-corrected chi connectivity index (χ1v) is 8.48. The van der Waals surface area contributed by atoms with E-state index in [1.807, 2.05) is 0 Å². The number of hydrogen-bond acceptors (Lipinski definition) is 6. The summed E-state index contributed by atoms with van der Waals surface area (Å²) >= 11 is 0. The molecule has 4 rings (SSSR count). The maximum Gasteiger partial charge on any atom is 0.194 e. The second kappa shape index (κ2) is 5.85. The van der Waals surface area contributed by atoms with E-state index in [-0.39, 0.29) is 44.9 Å². The number of carbonyl (C=O) groups excluding carboxylic acids is 4. The molecule has 0 atom stereocenters. The zero-order chi connectivity index (χ0) is 20.3. The fourth-order valence-electron chi connectivity index (χ4n) is 3.64. The van der Waals surface area contributed by atoms with Gasteiger partial charge in [0, 0.05) is 22.3 Å². The van der Waals surface area contributed by atoms with Crippen LogP contribution in [0.15, 0.2) is 47.6 Å². The Morgan fingerprint density at radius 3 is 1.32 bits per heavy atom. The molecule has 0 heterocycles. The van der Waals surface area contributed by atoms with Crippen LogP contribution < -0.4 is 0 Å². The fourth-order valence-corrected chi connectivity index (χ4v) is 3.64. The van der Waals surface area contributed by atoms with Crippen molar-refractivity contribution in [1.82, 2.24) is 0 Å². The third kappa shape index (κ3) is 2.42. The third-order valence-corrected chi connectivity index (χ3v) is 4.84. The highest BCUT2D eigenvalue weighted by atomic mass is 16.3. The van der Waals surface area contributed by atoms with E-state index in [4.69, 9.17) is 0 Å². The molecular formula is C22H14O6. The molecule has 28 heavy (non-hydrogen) atoms. The standard InChI is InChI=1S/C22H14O6/c1-9-3-13-19(15(23)5-9)17(25)7-11(21(13)27)12-8-18(26)20-14(22(12)28)4-10(2)6-16(20)24/h3-8,23-24H,1-2H3. The summed E-state index contributed by atoms with van der Waals surface area (Å²) < 4.78 is 0. The number of hydrogen-bond donors (Lipinski definition) is 2. The van der Waals surface area contributed by atoms with Crippen LogP contribution in [0, 0.1) is 13.8 Å². The van der Waals surface area contributed by atoms with E-state index < -0.39 is 23.1 Å². The molecule has 2 aliphatic carbocycles. The van der Waals surface area contributed by atoms with E-state index in [1.165, 1.54) is 24.3 Å². The van der Waals surface area contributed by atoms with E-state index in [9.17, 15) is 29.4 Å². The number of phenols is 2. The van der Waals surface area contributed by atoms with Crippen LogP contribution in [0.25, 0.3) is 0 Å². The van der Waals surface area contributed by atoms with Crippen LogP contribution in [-0.2, 0) is 0 Å². The van der Waals surface area contributed by atoms with Gasteiger partial charge in [-0.3, -0.25) is 19.2 Å². The van der Waals surface area contributed by atoms with Gasteiger partial charge in [-0.25, -0.2) is 0 Å². The van der Waals surface area contributed by atoms with Gasteiger partial charge < -0.3 is 10.2 Å². The van der Waals surface area contributed by atoms with Crippen LogP contribution in [0.4, 0.5) is 0 Å². The number of fused-ring (bicyclic) bond motifs is 2. The van der Waals surface area contributed by atoms with E-state index in [0.29, 0.717) is 11.1 Å². The number of allylic oxidation sites excluding steroid dienone is 4. The van der Waals surface area contributed by atoms with Crippen molar-refractivity contribution in [3.8, 4) is 11.5 Å². The number of ketones is 4. The van der Waals surface area contributed by atoms with Crippen molar-refractivity contribution in [2.75, 3.05) is 0 Å². The highest BCUT2D eigenvalue weighted by Gasteiger charge is 2.36. The van der Waals surface area contributed by atoms with Crippen molar-refractivity contribution in [3.63, 3.8) is 0 Å². The monoisotopic (exact) mass is 374 g/mol. The molecule has 2 aromatic carbocycles. The number of rotatable bonds is 1. The summed E-state index contributed by atoms with van der Waals surface area (Å²) in [5.41, 5.74) is 0.471. The highest BCUT2D eigenvalue weighted by Crippen LogP contribution is 2.36. The predicted octanol–water partition coefficient (Wildman–Crippen LogP) is 3.03. The third-order valence-electron chi connectivity index (χ3n) is 4.84. The first-order chi connectivity index (χ1) is 13.2. The van der Waals surface area contributed by atoms with Crippen LogP contribution >= 0.6 is 0 Å². The minimum Gasteiger partial charge on any atom is -0.507 e. The molecule has 0 amide bonds. The molecule has 6 heteroatoms. The average molecular weight is 374 g/mol. The second-order valence-corrected chi connectivity index (χ2v) is 6.92. The highest BCUT2D eigenvalue weighted by molar-refractivity contribution is 6.35. The topological polar surface area (TPSA) is 109 Å². The summed E-state index contributed by atoms with van der Waals surface area (Å²) in [6, 6.07) is 5.67. The number of carbonyl (C=O) groups is 4. The van der Waals surface area contributed by atoms with E-state index in [2.05, 4.69) is 0 Å². The van der Waals surface area contributed by atoms with Gasteiger partial charge in [0.05, 0.1) is 11.1 Å². The summed E-state index contributed by atoms with van der Waals surface area (Å²) in [7, 11) is 0. The van der Waals surface area contributed by atoms with Crippen molar-refractivity contribution < 1.29 is 29.4 Å². The van der Waals surface area contributed by atoms with Gasteiger partial charge in [0.15, 0.2) is 23.1 Å². The van der Waals surface area contributed by atoms with Gasteiger partial charge in [-0.05, 0) is 61.4 Å². The van der Waals surface area contributed by atoms with E-state index in [0.717, 1.165) is 12.2 Å². The molecular weight excluding hydrogens is 360 g/mol. The van der Waals surface area contributed by atoms with Crippen LogP contribution in [-0.4, -0.2) is 33.3 Å². The molecule has 0 fully saturated rings. The van der Waals surface area contributed by atoms with Crippen molar-refractivity contribution in [2.24, 2.45) is 0 Å². The smallest absolute Gasteiger partial charge is 0.194 e. The molecule has 6 nitrogen and oxygen atoms in total. The lowest BCUT2D eigenvalue weighted by Crippen LogP contribution is -2.25. The molecule has 0 unspecified atom stereocenters. The van der Waals surface area contributed by atoms with Crippen molar-refractivity contribution in [2.45, 2.75) is 13.8 Å². The van der Waals surface area contributed by atoms with E-state index in [1.54, 1.807) is 13.8 Å². The number of Topliss-reactive ketones (excluding diaryl/α,β-unsaturated/α-hetero) is 2. The predicted molar refractivity (Wildman–Crippen MR) is 99.2 cm³/mol. The SMILES string of the molecule is Cc1cc(O)c2c(c1)C(=O)C(C1=CC(=O)c3c(O)cc(C)cc3C1=O)=CC2=O. The number of aromatic hydroxyl groups is 2. The van der Waals surface area contributed by atoms with Crippen LogP contribution in [0.3, 0.4) is 0 Å². The van der Waals surface area contributed by atoms with Gasteiger partial charge >= 0.3 is 0 Å². The largest absolute Gasteiger partial charge is 0.507 e. The Labute approximate surface area is 159 Å². The van der Waals surface area contributed by atoms with E-state index >= 15 is 0 Å². The summed E-state index contributed by atoms with van der Waals surface area (Å²) in [6.45, 7) is 3.32. The number of benzene rings is 2. The molecule has 2 aromatic rings. The van der Waals surface area contributed by atoms with Crippen LogP contribution in [0.1, 0.15) is 52.6 Å². The number of phenolic OH excluding ortho intramolecular Hbond substituents is 2. The summed E-state index contributed by atoms with van der Waals surface area (Å²) in [5.74, 6) is -3.12. The molecule has 0 radical (unpaired) electrons. The summed E-state index contributed by atoms with van der Waals surface area (Å²) in [4.78, 5) is 51.0. The van der Waals surface area contributed by atoms with Gasteiger partial charge in [0.1, 0.15) is 11.5 Å². The lowest BCUT2D eigenvalue weighted by molar-refractivity contribution is 0.0960. The van der Waals surface area contributed by atoms with Gasteiger partial charge in [-0.2, -0.15) is 0 Å². The Morgan fingerprint density at radius 1 is 0.607 bits per heavy atom. The molecule has 0 saturated carbocycles. The Hall–Kier alpha value is -3.80. The summed E-state index contributed by atoms with van der Waals surface area (Å²) in [6.07, 6.45) is 1.94. The first-order valence-electron chi connectivity index (χ1n) is 8.48. The lowest BCUT2D eigenvalue weighted by Gasteiger charge is -2.21. The molecule has 138 valence electrons. The van der Waals surface area contributed by atoms with Gasteiger partial charge in [-0.15, -0.1) is 0 Å². The molecule has 0 spiro atoms. The Bertz CT molecular complexity index is 1110. The second-order valence-electron chi connectivity index (χ2n) is 6.92. The molecule has 0 bridgehead atoms. The summed E-state index contributed by atoms with van der Waals surface area (Å²) in [5, 5.41) is 20.1. The minimum absolute atomic E-state index is 0.0148. The van der Waals surface area contributed by atoms with Gasteiger partial charge in [0.2, 0.25) is 0 Å². The molecule has 2 aliphatic rings. The zero-order valence-electron chi connectivity index (χ0n) is 15.0. The molecule has 0 aliphatic heterocycles. The fraction of sp³-hybridized carbons (Fsp3) is 0.0909. The Balaban J connectivity index is 1.89. The minimum atomic E-state index is -0.624. The zero-order valence-corrected chi connectivity index (χ0v) is 15.0. The molecule has 0 saturated heterocycles. The van der Waals surface area contributed by atoms with Crippen molar-refractivity contribution in [1.29, 1.82) is 0 Å². The normalized spacial score (nSPS) is 15.8. The molecule has 0 aromatic heterocycles. The Morgan fingerprint density at radius 2 is 0.964 bits per heavy atom. The Kier molecular flexibility index (Phi) is 3.68. The quantitative estimate of drug-likeness (QED) is 0.794. The van der Waals surface area contributed by atoms with Crippen molar-refractivity contribution in [3.05, 3.63) is 80.9 Å². The molecule has 2 N–H and O–H groups in total. The number of aryl methyl sites for hydroxylation is 2.